The van der Waals surface area contributed by atoms with Gasteiger partial charge in [0, 0.05) is 17.7 Å². The van der Waals surface area contributed by atoms with Crippen molar-refractivity contribution in [1.29, 1.82) is 0 Å². The van der Waals surface area contributed by atoms with Gasteiger partial charge in [-0.05, 0) is 25.5 Å². The molecule has 0 bridgehead atoms. The Morgan fingerprint density at radius 3 is 2.75 bits per heavy atom. The molecule has 16 heavy (non-hydrogen) atoms. The number of rotatable bonds is 1. The molecule has 0 aliphatic carbocycles. The fourth-order valence-corrected chi connectivity index (χ4v) is 2.14. The number of hydrogen-bond acceptors (Lipinski definition) is 1. The molecule has 1 nitrogen and oxygen atoms in total. The van der Waals surface area contributed by atoms with E-state index in [0.29, 0.717) is 6.42 Å². The molecule has 1 aliphatic heterocycles. The van der Waals surface area contributed by atoms with E-state index in [0.717, 1.165) is 0 Å². The van der Waals surface area contributed by atoms with Gasteiger partial charge in [0.2, 0.25) is 0 Å². The lowest BCUT2D eigenvalue weighted by Crippen LogP contribution is -2.34. The Hall–Kier alpha value is -1.20. The first-order chi connectivity index (χ1) is 7.14. The lowest BCUT2D eigenvalue weighted by atomic mass is 9.88. The van der Waals surface area contributed by atoms with E-state index in [4.69, 9.17) is 6.42 Å². The molecule has 84 valence electrons. The van der Waals surface area contributed by atoms with Crippen LogP contribution in [-0.2, 0) is 0 Å². The molecule has 1 unspecified atom stereocenters. The molecule has 2 rings (SSSR count). The highest BCUT2D eigenvalue weighted by atomic mass is 79.9. The Balaban J connectivity index is 0.00000128. The number of benzene rings is 1. The predicted octanol–water partition coefficient (Wildman–Crippen LogP) is 3.88. The van der Waals surface area contributed by atoms with Gasteiger partial charge in [0.05, 0.1) is 5.54 Å². The third kappa shape index (κ3) is 2.31. The summed E-state index contributed by atoms with van der Waals surface area (Å²) in [6.07, 6.45) is 8.32. The van der Waals surface area contributed by atoms with Crippen LogP contribution in [0.25, 0.3) is 5.57 Å². The van der Waals surface area contributed by atoms with Crippen molar-refractivity contribution in [3.05, 3.63) is 35.9 Å². The van der Waals surface area contributed by atoms with Gasteiger partial charge in [0.25, 0.3) is 0 Å². The Bertz CT molecular complexity index is 456. The molecule has 1 aromatic rings. The summed E-state index contributed by atoms with van der Waals surface area (Å²) in [5.41, 5.74) is 3.64. The minimum Gasteiger partial charge on any atom is -0.375 e. The summed E-state index contributed by atoms with van der Waals surface area (Å²) in [4.78, 5) is 0. The van der Waals surface area contributed by atoms with Gasteiger partial charge in [-0.2, -0.15) is 0 Å². The second-order valence-corrected chi connectivity index (χ2v) is 4.30. The standard InChI is InChI=1S/C14H15N.BrH/c1-4-9-14(3)10-11(2)12-7-5-6-8-13(12)15-14;/h1,5-8,10,15H,9H2,2-3H3;1H. The lowest BCUT2D eigenvalue weighted by Gasteiger charge is -2.33. The zero-order valence-electron chi connectivity index (χ0n) is 9.58. The number of nitrogens with one attached hydrogen (secondary N) is 1. The van der Waals surface area contributed by atoms with Crippen LogP contribution in [0.3, 0.4) is 0 Å². The van der Waals surface area contributed by atoms with Crippen molar-refractivity contribution >= 4 is 28.2 Å². The van der Waals surface area contributed by atoms with Crippen molar-refractivity contribution in [1.82, 2.24) is 0 Å². The third-order valence-electron chi connectivity index (χ3n) is 2.78. The van der Waals surface area contributed by atoms with Crippen molar-refractivity contribution in [3.8, 4) is 12.3 Å². The first-order valence-electron chi connectivity index (χ1n) is 5.15. The zero-order chi connectivity index (χ0) is 10.9. The smallest absolute Gasteiger partial charge is 0.0642 e. The van der Waals surface area contributed by atoms with E-state index in [1.807, 2.05) is 6.07 Å². The summed E-state index contributed by atoms with van der Waals surface area (Å²) >= 11 is 0. The van der Waals surface area contributed by atoms with Gasteiger partial charge >= 0.3 is 0 Å². The SMILES string of the molecule is Br.C#CCC1(C)C=C(C)c2ccccc2N1. The van der Waals surface area contributed by atoms with Crippen LogP contribution in [0, 0.1) is 12.3 Å². The Labute approximate surface area is 108 Å². The third-order valence-corrected chi connectivity index (χ3v) is 2.78. The van der Waals surface area contributed by atoms with Crippen molar-refractivity contribution in [3.63, 3.8) is 0 Å². The minimum atomic E-state index is -0.104. The summed E-state index contributed by atoms with van der Waals surface area (Å²) in [6.45, 7) is 4.26. The molecule has 1 N–H and O–H groups in total. The molecule has 1 heterocycles. The van der Waals surface area contributed by atoms with E-state index in [-0.39, 0.29) is 22.5 Å². The van der Waals surface area contributed by atoms with E-state index in [9.17, 15) is 0 Å². The predicted molar refractivity (Wildman–Crippen MR) is 75.9 cm³/mol. The highest BCUT2D eigenvalue weighted by Gasteiger charge is 2.25. The average molecular weight is 278 g/mol. The Morgan fingerprint density at radius 2 is 2.06 bits per heavy atom. The highest BCUT2D eigenvalue weighted by Crippen LogP contribution is 2.34. The summed E-state index contributed by atoms with van der Waals surface area (Å²) < 4.78 is 0. The Kier molecular flexibility index (Phi) is 3.83. The molecule has 2 heteroatoms. The number of para-hydroxylation sites is 1. The number of terminal acetylenes is 1. The fourth-order valence-electron chi connectivity index (χ4n) is 2.14. The van der Waals surface area contributed by atoms with Crippen molar-refractivity contribution in [2.24, 2.45) is 0 Å². The lowest BCUT2D eigenvalue weighted by molar-refractivity contribution is 0.653. The summed E-state index contributed by atoms with van der Waals surface area (Å²) in [5.74, 6) is 2.72. The average Bonchev–Trinajstić information content (AvgIpc) is 2.17. The van der Waals surface area contributed by atoms with E-state index >= 15 is 0 Å². The fraction of sp³-hybridized carbons (Fsp3) is 0.286. The van der Waals surface area contributed by atoms with Gasteiger partial charge in [0.15, 0.2) is 0 Å². The number of allylic oxidation sites excluding steroid dienone is 1. The molecule has 0 amide bonds. The van der Waals surface area contributed by atoms with Crippen LogP contribution in [0.15, 0.2) is 30.3 Å². The van der Waals surface area contributed by atoms with Gasteiger partial charge in [-0.15, -0.1) is 29.3 Å². The second kappa shape index (κ2) is 4.76. The maximum absolute atomic E-state index is 5.39. The highest BCUT2D eigenvalue weighted by molar-refractivity contribution is 8.93. The van der Waals surface area contributed by atoms with Gasteiger partial charge in [-0.25, -0.2) is 0 Å². The van der Waals surface area contributed by atoms with E-state index < -0.39 is 0 Å². The van der Waals surface area contributed by atoms with E-state index in [1.54, 1.807) is 0 Å². The maximum atomic E-state index is 5.39. The molecule has 1 aromatic carbocycles. The van der Waals surface area contributed by atoms with Crippen molar-refractivity contribution < 1.29 is 0 Å². The van der Waals surface area contributed by atoms with Crippen molar-refractivity contribution in [2.45, 2.75) is 25.8 Å². The van der Waals surface area contributed by atoms with Crippen LogP contribution < -0.4 is 5.32 Å². The van der Waals surface area contributed by atoms with Crippen LogP contribution in [-0.4, -0.2) is 5.54 Å². The molecule has 0 radical (unpaired) electrons. The topological polar surface area (TPSA) is 12.0 Å². The van der Waals surface area contributed by atoms with Gasteiger partial charge in [-0.1, -0.05) is 24.3 Å². The van der Waals surface area contributed by atoms with Crippen LogP contribution >= 0.6 is 17.0 Å². The quantitative estimate of drug-likeness (QED) is 0.769. The summed E-state index contributed by atoms with van der Waals surface area (Å²) in [7, 11) is 0. The van der Waals surface area contributed by atoms with Crippen LogP contribution in [0.1, 0.15) is 25.8 Å². The van der Waals surface area contributed by atoms with Gasteiger partial charge in [-0.3, -0.25) is 0 Å². The van der Waals surface area contributed by atoms with Gasteiger partial charge < -0.3 is 5.32 Å². The number of anilines is 1. The molecule has 0 saturated heterocycles. The molecule has 0 fully saturated rings. The maximum Gasteiger partial charge on any atom is 0.0642 e. The molecular formula is C14H16BrN. The second-order valence-electron chi connectivity index (χ2n) is 4.30. The summed E-state index contributed by atoms with van der Waals surface area (Å²) in [6, 6.07) is 8.33. The number of halogens is 1. The van der Waals surface area contributed by atoms with E-state index in [1.165, 1.54) is 16.8 Å². The molecule has 0 spiro atoms. The molecule has 0 saturated carbocycles. The first-order valence-corrected chi connectivity index (χ1v) is 5.15. The van der Waals surface area contributed by atoms with E-state index in [2.05, 4.69) is 49.4 Å². The summed E-state index contributed by atoms with van der Waals surface area (Å²) in [5, 5.41) is 3.49. The monoisotopic (exact) mass is 277 g/mol. The van der Waals surface area contributed by atoms with Crippen LogP contribution in [0.2, 0.25) is 0 Å². The molecule has 1 atom stereocenters. The minimum absolute atomic E-state index is 0. The largest absolute Gasteiger partial charge is 0.375 e. The Morgan fingerprint density at radius 1 is 1.38 bits per heavy atom. The van der Waals surface area contributed by atoms with Gasteiger partial charge in [0.1, 0.15) is 0 Å². The van der Waals surface area contributed by atoms with Crippen molar-refractivity contribution in [2.75, 3.05) is 5.32 Å². The van der Waals surface area contributed by atoms with Crippen LogP contribution in [0.5, 0.6) is 0 Å². The molecule has 0 aromatic heterocycles. The number of fused-ring (bicyclic) bond motifs is 1. The molecule has 1 aliphatic rings. The van der Waals surface area contributed by atoms with Crippen LogP contribution in [0.4, 0.5) is 5.69 Å². The number of hydrogen-bond donors (Lipinski definition) is 1. The molecular weight excluding hydrogens is 262 g/mol. The normalized spacial score (nSPS) is 21.9. The first kappa shape index (κ1) is 12.9. The zero-order valence-corrected chi connectivity index (χ0v) is 11.3.